The van der Waals surface area contributed by atoms with E-state index in [0.29, 0.717) is 17.2 Å². The minimum absolute atomic E-state index is 0.263. The van der Waals surface area contributed by atoms with Crippen molar-refractivity contribution in [3.05, 3.63) is 28.7 Å². The number of oxazole rings is 1. The molecule has 18 heavy (non-hydrogen) atoms. The van der Waals surface area contributed by atoms with E-state index in [0.717, 1.165) is 12.1 Å². The molecule has 0 unspecified atom stereocenters. The van der Waals surface area contributed by atoms with Gasteiger partial charge < -0.3 is 10.2 Å². The molecule has 1 heterocycles. The number of rotatable bonds is 2. The van der Waals surface area contributed by atoms with Crippen molar-refractivity contribution in [2.75, 3.05) is 5.73 Å². The van der Waals surface area contributed by atoms with Gasteiger partial charge in [0.2, 0.25) is 0 Å². The smallest absolute Gasteiger partial charge is 0.408 e. The Balaban J connectivity index is 1.95. The van der Waals surface area contributed by atoms with Crippen LogP contribution < -0.4 is 11.5 Å². The normalized spacial score (nSPS) is 17.3. The van der Waals surface area contributed by atoms with Gasteiger partial charge in [0.05, 0.1) is 5.52 Å². The lowest BCUT2D eigenvalue weighted by Gasteiger charge is -2.21. The monoisotopic (exact) mass is 246 g/mol. The number of nitrogens with zero attached hydrogens (tertiary/aromatic N) is 1. The van der Waals surface area contributed by atoms with Gasteiger partial charge in [0.25, 0.3) is 0 Å². The van der Waals surface area contributed by atoms with Gasteiger partial charge in [0, 0.05) is 18.3 Å². The summed E-state index contributed by atoms with van der Waals surface area (Å²) in [4.78, 5) is 11.9. The van der Waals surface area contributed by atoms with E-state index >= 15 is 0 Å². The van der Waals surface area contributed by atoms with Gasteiger partial charge in [-0.15, -0.1) is 0 Å². The number of hydrogen-bond donors (Lipinski definition) is 1. The first-order chi connectivity index (χ1) is 8.74. The average Bonchev–Trinajstić information content (AvgIpc) is 2.66. The highest BCUT2D eigenvalue weighted by molar-refractivity contribution is 5.76. The zero-order valence-electron chi connectivity index (χ0n) is 10.4. The number of fused-ring (bicyclic) bond motifs is 1. The van der Waals surface area contributed by atoms with Gasteiger partial charge in [0.1, 0.15) is 0 Å². The fourth-order valence-electron chi connectivity index (χ4n) is 2.88. The molecule has 0 amide bonds. The van der Waals surface area contributed by atoms with Gasteiger partial charge >= 0.3 is 5.76 Å². The van der Waals surface area contributed by atoms with Crippen LogP contribution in [0.3, 0.4) is 0 Å². The molecule has 4 heteroatoms. The Kier molecular flexibility index (Phi) is 2.86. The van der Waals surface area contributed by atoms with Crippen LogP contribution in [0.2, 0.25) is 0 Å². The van der Waals surface area contributed by atoms with E-state index in [-0.39, 0.29) is 5.76 Å². The third kappa shape index (κ3) is 2.03. The summed E-state index contributed by atoms with van der Waals surface area (Å²) in [7, 11) is 0. The highest BCUT2D eigenvalue weighted by Crippen LogP contribution is 2.26. The molecule has 4 nitrogen and oxygen atoms in total. The first kappa shape index (κ1) is 11.4. The summed E-state index contributed by atoms with van der Waals surface area (Å²) < 4.78 is 7.00. The number of benzene rings is 1. The van der Waals surface area contributed by atoms with Gasteiger partial charge in [-0.1, -0.05) is 19.3 Å². The topological polar surface area (TPSA) is 61.2 Å². The van der Waals surface area contributed by atoms with Crippen molar-refractivity contribution in [1.82, 2.24) is 4.57 Å². The molecule has 1 fully saturated rings. The molecule has 96 valence electrons. The Morgan fingerprint density at radius 1 is 1.28 bits per heavy atom. The predicted molar refractivity (Wildman–Crippen MR) is 71.5 cm³/mol. The van der Waals surface area contributed by atoms with Gasteiger partial charge in [-0.05, 0) is 30.9 Å². The molecule has 0 spiro atoms. The third-order valence-corrected chi connectivity index (χ3v) is 3.86. The SMILES string of the molecule is Nc1ccc2c(c1)oc(=O)n2CC1CCCCC1. The van der Waals surface area contributed by atoms with Gasteiger partial charge in [-0.2, -0.15) is 0 Å². The molecule has 0 radical (unpaired) electrons. The molecule has 2 aromatic rings. The van der Waals surface area contributed by atoms with Crippen LogP contribution in [0, 0.1) is 5.92 Å². The second-order valence-corrected chi connectivity index (χ2v) is 5.21. The van der Waals surface area contributed by atoms with Crippen LogP contribution in [0.25, 0.3) is 11.1 Å². The molecule has 0 aliphatic heterocycles. The number of nitrogens with two attached hydrogens (primary N) is 1. The number of aromatic nitrogens is 1. The summed E-state index contributed by atoms with van der Waals surface area (Å²) in [6.07, 6.45) is 6.32. The van der Waals surface area contributed by atoms with Gasteiger partial charge in [-0.3, -0.25) is 4.57 Å². The summed E-state index contributed by atoms with van der Waals surface area (Å²) in [5.74, 6) is 0.343. The van der Waals surface area contributed by atoms with E-state index in [1.807, 2.05) is 12.1 Å². The second kappa shape index (κ2) is 4.52. The quantitative estimate of drug-likeness (QED) is 0.829. The van der Waals surface area contributed by atoms with Crippen LogP contribution in [-0.2, 0) is 6.54 Å². The highest BCUT2D eigenvalue weighted by atomic mass is 16.4. The summed E-state index contributed by atoms with van der Waals surface area (Å²) in [6.45, 7) is 0.774. The molecule has 0 bridgehead atoms. The van der Waals surface area contributed by atoms with Gasteiger partial charge in [0.15, 0.2) is 5.58 Å². The molecule has 1 aliphatic carbocycles. The van der Waals surface area contributed by atoms with E-state index in [2.05, 4.69) is 0 Å². The largest absolute Gasteiger partial charge is 0.419 e. The van der Waals surface area contributed by atoms with Crippen molar-refractivity contribution < 1.29 is 4.42 Å². The fourth-order valence-corrected chi connectivity index (χ4v) is 2.88. The van der Waals surface area contributed by atoms with Crippen LogP contribution in [0.15, 0.2) is 27.4 Å². The van der Waals surface area contributed by atoms with Crippen LogP contribution >= 0.6 is 0 Å². The number of nitrogen functional groups attached to an aromatic ring is 1. The molecule has 0 saturated heterocycles. The molecule has 1 aliphatic rings. The fraction of sp³-hybridized carbons (Fsp3) is 0.500. The Bertz CT molecular complexity index is 606. The minimum Gasteiger partial charge on any atom is -0.408 e. The van der Waals surface area contributed by atoms with Crippen molar-refractivity contribution in [2.24, 2.45) is 5.92 Å². The molecule has 3 rings (SSSR count). The maximum Gasteiger partial charge on any atom is 0.419 e. The molecule has 1 saturated carbocycles. The van der Waals surface area contributed by atoms with Crippen molar-refractivity contribution in [3.8, 4) is 0 Å². The lowest BCUT2D eigenvalue weighted by atomic mass is 9.89. The maximum absolute atomic E-state index is 11.9. The Hall–Kier alpha value is -1.71. The maximum atomic E-state index is 11.9. The van der Waals surface area contributed by atoms with Crippen LogP contribution in [0.5, 0.6) is 0 Å². The number of anilines is 1. The van der Waals surface area contributed by atoms with Crippen LogP contribution in [-0.4, -0.2) is 4.57 Å². The van der Waals surface area contributed by atoms with Crippen LogP contribution in [0.1, 0.15) is 32.1 Å². The molecule has 1 aromatic heterocycles. The average molecular weight is 246 g/mol. The first-order valence-corrected chi connectivity index (χ1v) is 6.63. The van der Waals surface area contributed by atoms with E-state index in [1.165, 1.54) is 32.1 Å². The standard InChI is InChI=1S/C14H18N2O2/c15-11-6-7-12-13(8-11)18-14(17)16(12)9-10-4-2-1-3-5-10/h6-8,10H,1-5,9,15H2. The summed E-state index contributed by atoms with van der Waals surface area (Å²) in [5.41, 5.74) is 7.78. The molecule has 0 atom stereocenters. The lowest BCUT2D eigenvalue weighted by molar-refractivity contribution is 0.312. The zero-order valence-corrected chi connectivity index (χ0v) is 10.4. The summed E-state index contributed by atoms with van der Waals surface area (Å²) in [6, 6.07) is 5.40. The second-order valence-electron chi connectivity index (χ2n) is 5.21. The van der Waals surface area contributed by atoms with E-state index in [1.54, 1.807) is 10.6 Å². The molecular formula is C14H18N2O2. The first-order valence-electron chi connectivity index (χ1n) is 6.63. The van der Waals surface area contributed by atoms with Crippen molar-refractivity contribution >= 4 is 16.8 Å². The Morgan fingerprint density at radius 2 is 2.06 bits per heavy atom. The molecule has 2 N–H and O–H groups in total. The lowest BCUT2D eigenvalue weighted by Crippen LogP contribution is -2.21. The third-order valence-electron chi connectivity index (χ3n) is 3.86. The van der Waals surface area contributed by atoms with E-state index in [4.69, 9.17) is 10.2 Å². The van der Waals surface area contributed by atoms with Crippen LogP contribution in [0.4, 0.5) is 5.69 Å². The number of hydrogen-bond acceptors (Lipinski definition) is 3. The Labute approximate surface area is 105 Å². The Morgan fingerprint density at radius 3 is 2.83 bits per heavy atom. The predicted octanol–water partition coefficient (Wildman–Crippen LogP) is 2.76. The molecule has 1 aromatic carbocycles. The highest BCUT2D eigenvalue weighted by Gasteiger charge is 2.17. The summed E-state index contributed by atoms with van der Waals surface area (Å²) in [5, 5.41) is 0. The van der Waals surface area contributed by atoms with Crippen molar-refractivity contribution in [3.63, 3.8) is 0 Å². The van der Waals surface area contributed by atoms with E-state index < -0.39 is 0 Å². The van der Waals surface area contributed by atoms with Crippen molar-refractivity contribution in [2.45, 2.75) is 38.6 Å². The van der Waals surface area contributed by atoms with Crippen molar-refractivity contribution in [1.29, 1.82) is 0 Å². The van der Waals surface area contributed by atoms with E-state index in [9.17, 15) is 4.79 Å². The summed E-state index contributed by atoms with van der Waals surface area (Å²) >= 11 is 0. The zero-order chi connectivity index (χ0) is 12.5. The minimum atomic E-state index is -0.263. The van der Waals surface area contributed by atoms with Gasteiger partial charge in [-0.25, -0.2) is 4.79 Å². The molecular weight excluding hydrogens is 228 g/mol.